The van der Waals surface area contributed by atoms with E-state index < -0.39 is 0 Å². The quantitative estimate of drug-likeness (QED) is 0.622. The average Bonchev–Trinajstić information content (AvgIpc) is 2.47. The molecule has 3 rings (SSSR count). The molecular formula is C19H18O. The van der Waals surface area contributed by atoms with Crippen LogP contribution in [0.3, 0.4) is 0 Å². The van der Waals surface area contributed by atoms with E-state index >= 15 is 0 Å². The van der Waals surface area contributed by atoms with Crippen molar-refractivity contribution in [3.63, 3.8) is 0 Å². The van der Waals surface area contributed by atoms with E-state index in [0.29, 0.717) is 0 Å². The Hall–Kier alpha value is -2.28. The molecule has 0 aromatic heterocycles. The number of rotatable bonds is 2. The van der Waals surface area contributed by atoms with Gasteiger partial charge in [0.1, 0.15) is 5.75 Å². The second-order valence-electron chi connectivity index (χ2n) is 5.13. The molecule has 0 bridgehead atoms. The van der Waals surface area contributed by atoms with Crippen molar-refractivity contribution >= 4 is 10.8 Å². The molecule has 0 saturated carbocycles. The molecule has 1 nitrogen and oxygen atoms in total. The number of benzene rings is 3. The van der Waals surface area contributed by atoms with Gasteiger partial charge in [0.25, 0.3) is 0 Å². The molecule has 20 heavy (non-hydrogen) atoms. The zero-order valence-electron chi connectivity index (χ0n) is 12.1. The molecule has 0 fully saturated rings. The first kappa shape index (κ1) is 12.7. The van der Waals surface area contributed by atoms with Gasteiger partial charge in [-0.2, -0.15) is 0 Å². The van der Waals surface area contributed by atoms with Crippen LogP contribution in [0.25, 0.3) is 21.9 Å². The molecule has 0 N–H and O–H groups in total. The Labute approximate surface area is 119 Å². The Morgan fingerprint density at radius 1 is 0.700 bits per heavy atom. The summed E-state index contributed by atoms with van der Waals surface area (Å²) < 4.78 is 5.62. The van der Waals surface area contributed by atoms with Crippen molar-refractivity contribution in [3.8, 4) is 16.9 Å². The average molecular weight is 262 g/mol. The van der Waals surface area contributed by atoms with E-state index in [1.807, 2.05) is 0 Å². The van der Waals surface area contributed by atoms with Gasteiger partial charge in [0.05, 0.1) is 7.11 Å². The number of hydrogen-bond donors (Lipinski definition) is 0. The van der Waals surface area contributed by atoms with Crippen LogP contribution in [-0.4, -0.2) is 7.11 Å². The SMILES string of the molecule is COc1ccc2ccccc2c1-c1c(C)cccc1C. The molecule has 0 heterocycles. The molecule has 0 amide bonds. The Morgan fingerprint density at radius 3 is 2.10 bits per heavy atom. The molecule has 0 aliphatic carbocycles. The van der Waals surface area contributed by atoms with Gasteiger partial charge in [-0.15, -0.1) is 0 Å². The van der Waals surface area contributed by atoms with Crippen LogP contribution in [0.5, 0.6) is 5.75 Å². The van der Waals surface area contributed by atoms with Crippen LogP contribution >= 0.6 is 0 Å². The predicted molar refractivity (Wildman–Crippen MR) is 85.4 cm³/mol. The third-order valence-electron chi connectivity index (χ3n) is 3.84. The highest BCUT2D eigenvalue weighted by molar-refractivity contribution is 6.01. The fourth-order valence-electron chi connectivity index (χ4n) is 2.89. The Morgan fingerprint density at radius 2 is 1.40 bits per heavy atom. The molecule has 0 aliphatic heterocycles. The van der Waals surface area contributed by atoms with Crippen molar-refractivity contribution in [1.29, 1.82) is 0 Å². The van der Waals surface area contributed by atoms with Crippen LogP contribution in [0.2, 0.25) is 0 Å². The minimum absolute atomic E-state index is 0.932. The Balaban J connectivity index is 2.45. The molecule has 1 heteroatoms. The maximum absolute atomic E-state index is 5.62. The van der Waals surface area contributed by atoms with Crippen molar-refractivity contribution in [2.45, 2.75) is 13.8 Å². The fraction of sp³-hybridized carbons (Fsp3) is 0.158. The summed E-state index contributed by atoms with van der Waals surface area (Å²) in [6.07, 6.45) is 0. The predicted octanol–water partition coefficient (Wildman–Crippen LogP) is 5.13. The zero-order valence-corrected chi connectivity index (χ0v) is 12.1. The summed E-state index contributed by atoms with van der Waals surface area (Å²) in [5, 5.41) is 2.48. The highest BCUT2D eigenvalue weighted by atomic mass is 16.5. The summed E-state index contributed by atoms with van der Waals surface area (Å²) >= 11 is 0. The first-order valence-electron chi connectivity index (χ1n) is 6.84. The van der Waals surface area contributed by atoms with E-state index in [0.717, 1.165) is 5.75 Å². The molecule has 0 unspecified atom stereocenters. The smallest absolute Gasteiger partial charge is 0.127 e. The molecule has 0 atom stereocenters. The topological polar surface area (TPSA) is 9.23 Å². The lowest BCUT2D eigenvalue weighted by atomic mass is 9.91. The zero-order chi connectivity index (χ0) is 14.1. The first-order chi connectivity index (χ1) is 9.72. The van der Waals surface area contributed by atoms with Crippen molar-refractivity contribution in [1.82, 2.24) is 0 Å². The Bertz CT molecular complexity index is 752. The highest BCUT2D eigenvalue weighted by Crippen LogP contribution is 2.40. The summed E-state index contributed by atoms with van der Waals surface area (Å²) in [5.74, 6) is 0.932. The summed E-state index contributed by atoms with van der Waals surface area (Å²) in [4.78, 5) is 0. The van der Waals surface area contributed by atoms with Gasteiger partial charge in [-0.3, -0.25) is 0 Å². The summed E-state index contributed by atoms with van der Waals surface area (Å²) in [5.41, 5.74) is 5.03. The van der Waals surface area contributed by atoms with E-state index in [4.69, 9.17) is 4.74 Å². The van der Waals surface area contributed by atoms with Crippen LogP contribution in [0.4, 0.5) is 0 Å². The molecule has 0 radical (unpaired) electrons. The number of ether oxygens (including phenoxy) is 1. The van der Waals surface area contributed by atoms with E-state index in [-0.39, 0.29) is 0 Å². The minimum Gasteiger partial charge on any atom is -0.496 e. The van der Waals surface area contributed by atoms with Gasteiger partial charge < -0.3 is 4.74 Å². The normalized spacial score (nSPS) is 10.8. The van der Waals surface area contributed by atoms with Gasteiger partial charge in [-0.25, -0.2) is 0 Å². The van der Waals surface area contributed by atoms with Crippen LogP contribution in [0, 0.1) is 13.8 Å². The van der Waals surface area contributed by atoms with Crippen LogP contribution in [0.15, 0.2) is 54.6 Å². The van der Waals surface area contributed by atoms with Crippen LogP contribution < -0.4 is 4.74 Å². The lowest BCUT2D eigenvalue weighted by Gasteiger charge is -2.16. The van der Waals surface area contributed by atoms with E-state index in [1.54, 1.807) is 7.11 Å². The van der Waals surface area contributed by atoms with Gasteiger partial charge in [0.2, 0.25) is 0 Å². The highest BCUT2D eigenvalue weighted by Gasteiger charge is 2.14. The molecule has 3 aromatic carbocycles. The number of aryl methyl sites for hydroxylation is 2. The summed E-state index contributed by atoms with van der Waals surface area (Å²) in [7, 11) is 1.74. The van der Waals surface area contributed by atoms with Crippen molar-refractivity contribution in [3.05, 3.63) is 65.7 Å². The van der Waals surface area contributed by atoms with Gasteiger partial charge in [0, 0.05) is 5.56 Å². The maximum Gasteiger partial charge on any atom is 0.127 e. The standard InChI is InChI=1S/C19H18O/c1-13-7-6-8-14(2)18(13)19-16-10-5-4-9-15(16)11-12-17(19)20-3/h4-12H,1-3H3. The molecule has 0 aliphatic rings. The molecular weight excluding hydrogens is 244 g/mol. The largest absolute Gasteiger partial charge is 0.496 e. The van der Waals surface area contributed by atoms with Crippen molar-refractivity contribution in [2.75, 3.05) is 7.11 Å². The van der Waals surface area contributed by atoms with Gasteiger partial charge in [-0.05, 0) is 47.4 Å². The fourth-order valence-corrected chi connectivity index (χ4v) is 2.89. The van der Waals surface area contributed by atoms with Crippen LogP contribution in [-0.2, 0) is 0 Å². The number of hydrogen-bond acceptors (Lipinski definition) is 1. The molecule has 0 saturated heterocycles. The van der Waals surface area contributed by atoms with Gasteiger partial charge >= 0.3 is 0 Å². The third kappa shape index (κ3) is 1.96. The van der Waals surface area contributed by atoms with E-state index in [2.05, 4.69) is 68.4 Å². The Kier molecular flexibility index (Phi) is 3.19. The van der Waals surface area contributed by atoms with E-state index in [9.17, 15) is 0 Å². The lowest BCUT2D eigenvalue weighted by Crippen LogP contribution is -1.94. The van der Waals surface area contributed by atoms with Gasteiger partial charge in [-0.1, -0.05) is 48.5 Å². The molecule has 100 valence electrons. The summed E-state index contributed by atoms with van der Waals surface area (Å²) in [6, 6.07) is 19.1. The second kappa shape index (κ2) is 5.01. The number of methoxy groups -OCH3 is 1. The molecule has 0 spiro atoms. The third-order valence-corrected chi connectivity index (χ3v) is 3.84. The second-order valence-corrected chi connectivity index (χ2v) is 5.13. The maximum atomic E-state index is 5.62. The van der Waals surface area contributed by atoms with Gasteiger partial charge in [0.15, 0.2) is 0 Å². The number of fused-ring (bicyclic) bond motifs is 1. The molecule has 3 aromatic rings. The van der Waals surface area contributed by atoms with Crippen LogP contribution in [0.1, 0.15) is 11.1 Å². The lowest BCUT2D eigenvalue weighted by molar-refractivity contribution is 0.417. The minimum atomic E-state index is 0.932. The van der Waals surface area contributed by atoms with Crippen molar-refractivity contribution in [2.24, 2.45) is 0 Å². The van der Waals surface area contributed by atoms with E-state index in [1.165, 1.54) is 33.0 Å². The first-order valence-corrected chi connectivity index (χ1v) is 6.84. The van der Waals surface area contributed by atoms with Crippen molar-refractivity contribution < 1.29 is 4.74 Å². The summed E-state index contributed by atoms with van der Waals surface area (Å²) in [6.45, 7) is 4.31. The monoisotopic (exact) mass is 262 g/mol.